The van der Waals surface area contributed by atoms with Gasteiger partial charge in [-0.2, -0.15) is 0 Å². The van der Waals surface area contributed by atoms with Gasteiger partial charge in [-0.15, -0.1) is 16.9 Å². The maximum atomic E-state index is 12.3. The molecule has 0 fully saturated rings. The zero-order valence-corrected chi connectivity index (χ0v) is 11.0. The van der Waals surface area contributed by atoms with Crippen LogP contribution in [0.25, 0.3) is 0 Å². The van der Waals surface area contributed by atoms with Crippen LogP contribution in [-0.2, 0) is 0 Å². The molecule has 1 aliphatic rings. The van der Waals surface area contributed by atoms with Crippen LogP contribution in [-0.4, -0.2) is 27.8 Å². The van der Waals surface area contributed by atoms with Crippen molar-refractivity contribution in [1.82, 2.24) is 9.59 Å². The lowest BCUT2D eigenvalue weighted by molar-refractivity contribution is 0.0983. The van der Waals surface area contributed by atoms with Crippen LogP contribution >= 0.6 is 23.3 Å². The summed E-state index contributed by atoms with van der Waals surface area (Å²) in [6.07, 6.45) is 0. The number of rotatable bonds is 1. The molecule has 0 bridgehead atoms. The van der Waals surface area contributed by atoms with Crippen molar-refractivity contribution in [3.8, 4) is 0 Å². The molecule has 0 saturated carbocycles. The van der Waals surface area contributed by atoms with Crippen LogP contribution in [0.1, 0.15) is 10.5 Å². The van der Waals surface area contributed by atoms with Gasteiger partial charge < -0.3 is 10.6 Å². The summed E-state index contributed by atoms with van der Waals surface area (Å²) in [4.78, 5) is 15.1. The molecule has 1 amide bonds. The van der Waals surface area contributed by atoms with Crippen molar-refractivity contribution >= 4 is 40.6 Å². The van der Waals surface area contributed by atoms with E-state index < -0.39 is 0 Å². The molecule has 0 aliphatic carbocycles. The van der Waals surface area contributed by atoms with E-state index >= 15 is 0 Å². The van der Waals surface area contributed by atoms with Crippen molar-refractivity contribution in [2.24, 2.45) is 0 Å². The molecule has 3 rings (SSSR count). The van der Waals surface area contributed by atoms with Gasteiger partial charge in [-0.25, -0.2) is 0 Å². The first-order valence-corrected chi connectivity index (χ1v) is 7.19. The molecule has 2 N–H and O–H groups in total. The molecule has 0 atom stereocenters. The molecule has 2 aromatic rings. The van der Waals surface area contributed by atoms with Crippen molar-refractivity contribution in [3.63, 3.8) is 0 Å². The molecule has 0 radical (unpaired) electrons. The molecule has 7 heteroatoms. The summed E-state index contributed by atoms with van der Waals surface area (Å²) in [6.45, 7) is 0.664. The van der Waals surface area contributed by atoms with Gasteiger partial charge in [0.1, 0.15) is 0 Å². The summed E-state index contributed by atoms with van der Waals surface area (Å²) >= 11 is 2.91. The number of thioether (sulfide) groups is 1. The van der Waals surface area contributed by atoms with Gasteiger partial charge in [0.25, 0.3) is 5.91 Å². The third-order valence-corrected chi connectivity index (χ3v) is 4.22. The third-order valence-electron chi connectivity index (χ3n) is 2.67. The van der Waals surface area contributed by atoms with Crippen LogP contribution in [0.15, 0.2) is 28.5 Å². The van der Waals surface area contributed by atoms with E-state index in [1.807, 2.05) is 18.2 Å². The molecule has 1 aromatic carbocycles. The minimum Gasteiger partial charge on any atom is -0.399 e. The summed E-state index contributed by atoms with van der Waals surface area (Å²) in [5, 5.41) is 5.49. The Kier molecular flexibility index (Phi) is 2.92. The summed E-state index contributed by atoms with van der Waals surface area (Å²) in [5.41, 5.74) is 7.70. The maximum absolute atomic E-state index is 12.3. The maximum Gasteiger partial charge on any atom is 0.279 e. The van der Waals surface area contributed by atoms with Gasteiger partial charge in [-0.1, -0.05) is 4.49 Å². The third kappa shape index (κ3) is 1.95. The van der Waals surface area contributed by atoms with Crippen molar-refractivity contribution in [2.45, 2.75) is 4.90 Å². The molecule has 1 aliphatic heterocycles. The highest BCUT2D eigenvalue weighted by Gasteiger charge is 2.25. The van der Waals surface area contributed by atoms with E-state index in [-0.39, 0.29) is 5.91 Å². The number of fused-ring (bicyclic) bond motifs is 1. The molecule has 92 valence electrons. The quantitative estimate of drug-likeness (QED) is 0.806. The topological polar surface area (TPSA) is 72.1 Å². The van der Waals surface area contributed by atoms with Gasteiger partial charge >= 0.3 is 0 Å². The minimum absolute atomic E-state index is 0.115. The number of benzene rings is 1. The van der Waals surface area contributed by atoms with Gasteiger partial charge in [0, 0.05) is 28.3 Å². The minimum atomic E-state index is -0.115. The Balaban J connectivity index is 2.01. The summed E-state index contributed by atoms with van der Waals surface area (Å²) < 4.78 is 3.73. The van der Waals surface area contributed by atoms with Crippen molar-refractivity contribution < 1.29 is 4.79 Å². The average molecular weight is 278 g/mol. The highest BCUT2D eigenvalue weighted by molar-refractivity contribution is 7.99. The molecule has 2 heterocycles. The van der Waals surface area contributed by atoms with E-state index in [0.717, 1.165) is 16.3 Å². The Labute approximate surface area is 112 Å². The zero-order chi connectivity index (χ0) is 12.5. The lowest BCUT2D eigenvalue weighted by atomic mass is 10.2. The SMILES string of the molecule is Nc1ccc2c(c1)N(C(=O)c1csnn1)CCS2. The number of anilines is 2. The summed E-state index contributed by atoms with van der Waals surface area (Å²) in [7, 11) is 0. The molecular formula is C11H10N4OS2. The molecule has 0 saturated heterocycles. The molecule has 5 nitrogen and oxygen atoms in total. The first kappa shape index (κ1) is 11.5. The van der Waals surface area contributed by atoms with E-state index in [1.165, 1.54) is 11.5 Å². The number of nitrogens with zero attached hydrogens (tertiary/aromatic N) is 3. The molecule has 1 aromatic heterocycles. The van der Waals surface area contributed by atoms with Gasteiger partial charge in [0.05, 0.1) is 5.69 Å². The number of carbonyl (C=O) groups is 1. The fourth-order valence-electron chi connectivity index (χ4n) is 1.84. The Bertz CT molecular complexity index is 585. The van der Waals surface area contributed by atoms with E-state index in [4.69, 9.17) is 5.73 Å². The Morgan fingerprint density at radius 1 is 1.44 bits per heavy atom. The zero-order valence-electron chi connectivity index (χ0n) is 9.37. The van der Waals surface area contributed by atoms with Crippen LogP contribution < -0.4 is 10.6 Å². The highest BCUT2D eigenvalue weighted by Crippen LogP contribution is 2.36. The van der Waals surface area contributed by atoms with Gasteiger partial charge in [-0.05, 0) is 29.7 Å². The Morgan fingerprint density at radius 2 is 2.33 bits per heavy atom. The largest absolute Gasteiger partial charge is 0.399 e. The summed E-state index contributed by atoms with van der Waals surface area (Å²) in [5.74, 6) is 0.760. The molecule has 18 heavy (non-hydrogen) atoms. The number of nitrogen functional groups attached to an aromatic ring is 1. The van der Waals surface area contributed by atoms with E-state index in [9.17, 15) is 4.79 Å². The number of hydrogen-bond acceptors (Lipinski definition) is 6. The second kappa shape index (κ2) is 4.58. The number of carbonyl (C=O) groups excluding carboxylic acids is 1. The Hall–Kier alpha value is -1.60. The van der Waals surface area contributed by atoms with Crippen LogP contribution in [0.5, 0.6) is 0 Å². The molecule has 0 spiro atoms. The van der Waals surface area contributed by atoms with E-state index in [1.54, 1.807) is 22.0 Å². The predicted octanol–water partition coefficient (Wildman–Crippen LogP) is 1.87. The number of amides is 1. The van der Waals surface area contributed by atoms with Crippen molar-refractivity contribution in [3.05, 3.63) is 29.3 Å². The van der Waals surface area contributed by atoms with Gasteiger partial charge in [0.2, 0.25) is 0 Å². The number of hydrogen-bond donors (Lipinski definition) is 1. The summed E-state index contributed by atoms with van der Waals surface area (Å²) in [6, 6.07) is 5.64. The van der Waals surface area contributed by atoms with Gasteiger partial charge in [0.15, 0.2) is 5.69 Å². The number of nitrogens with two attached hydrogens (primary N) is 1. The van der Waals surface area contributed by atoms with E-state index in [0.29, 0.717) is 17.9 Å². The molecule has 0 unspecified atom stereocenters. The second-order valence-electron chi connectivity index (χ2n) is 3.82. The van der Waals surface area contributed by atoms with E-state index in [2.05, 4.69) is 9.59 Å². The predicted molar refractivity (Wildman–Crippen MR) is 73.2 cm³/mol. The first-order valence-electron chi connectivity index (χ1n) is 5.37. The van der Waals surface area contributed by atoms with Crippen LogP contribution in [0.4, 0.5) is 11.4 Å². The number of aromatic nitrogens is 2. The fraction of sp³-hybridized carbons (Fsp3) is 0.182. The van der Waals surface area contributed by atoms with Crippen molar-refractivity contribution in [1.29, 1.82) is 0 Å². The smallest absolute Gasteiger partial charge is 0.279 e. The molecular weight excluding hydrogens is 268 g/mol. The standard InChI is InChI=1S/C11H10N4OS2/c12-7-1-2-10-9(5-7)15(3-4-17-10)11(16)8-6-18-14-13-8/h1-2,5-6H,3-4,12H2. The van der Waals surface area contributed by atoms with Crippen LogP contribution in [0, 0.1) is 0 Å². The second-order valence-corrected chi connectivity index (χ2v) is 5.57. The fourth-order valence-corrected chi connectivity index (χ4v) is 3.25. The first-order chi connectivity index (χ1) is 8.75. The average Bonchev–Trinajstić information content (AvgIpc) is 2.91. The van der Waals surface area contributed by atoms with Crippen molar-refractivity contribution in [2.75, 3.05) is 22.9 Å². The Morgan fingerprint density at radius 3 is 3.11 bits per heavy atom. The normalized spacial score (nSPS) is 14.3. The monoisotopic (exact) mass is 278 g/mol. The van der Waals surface area contributed by atoms with Gasteiger partial charge in [-0.3, -0.25) is 4.79 Å². The van der Waals surface area contributed by atoms with Crippen LogP contribution in [0.2, 0.25) is 0 Å². The lowest BCUT2D eigenvalue weighted by Gasteiger charge is -2.28. The highest BCUT2D eigenvalue weighted by atomic mass is 32.2. The van der Waals surface area contributed by atoms with Crippen LogP contribution in [0.3, 0.4) is 0 Å². The lowest BCUT2D eigenvalue weighted by Crippen LogP contribution is -2.35.